The van der Waals surface area contributed by atoms with E-state index in [1.165, 1.54) is 7.11 Å². The molecule has 0 aliphatic rings. The summed E-state index contributed by atoms with van der Waals surface area (Å²) in [5, 5.41) is 3.80. The van der Waals surface area contributed by atoms with Crippen molar-refractivity contribution in [2.24, 2.45) is 5.10 Å². The van der Waals surface area contributed by atoms with E-state index in [9.17, 15) is 9.59 Å². The molecule has 0 radical (unpaired) electrons. The molecule has 0 spiro atoms. The lowest BCUT2D eigenvalue weighted by Crippen LogP contribution is -2.20. The highest BCUT2D eigenvalue weighted by atomic mass is 16.5. The number of ether oxygens (including phenoxy) is 1. The van der Waals surface area contributed by atoms with Crippen molar-refractivity contribution in [3.63, 3.8) is 0 Å². The van der Waals surface area contributed by atoms with Gasteiger partial charge in [-0.15, -0.1) is 0 Å². The quantitative estimate of drug-likeness (QED) is 0.486. The molecule has 0 aliphatic heterocycles. The summed E-state index contributed by atoms with van der Waals surface area (Å²) >= 11 is 0. The first-order valence-corrected chi connectivity index (χ1v) is 5.09. The zero-order chi connectivity index (χ0) is 12.7. The molecule has 0 saturated carbocycles. The van der Waals surface area contributed by atoms with Gasteiger partial charge in [-0.25, -0.2) is 5.43 Å². The molecule has 5 heteroatoms. The zero-order valence-corrected chi connectivity index (χ0v) is 9.77. The first-order valence-electron chi connectivity index (χ1n) is 5.09. The molecule has 17 heavy (non-hydrogen) atoms. The summed E-state index contributed by atoms with van der Waals surface area (Å²) in [5.41, 5.74) is 3.37. The van der Waals surface area contributed by atoms with E-state index in [0.717, 1.165) is 0 Å². The SMILES string of the molecule is COC(=O)C/C(C)=N/NC(=O)c1ccccc1. The van der Waals surface area contributed by atoms with Gasteiger partial charge in [0, 0.05) is 11.3 Å². The number of benzene rings is 1. The normalized spacial score (nSPS) is 10.8. The lowest BCUT2D eigenvalue weighted by atomic mass is 10.2. The molecule has 5 nitrogen and oxygen atoms in total. The maximum Gasteiger partial charge on any atom is 0.311 e. The van der Waals surface area contributed by atoms with Gasteiger partial charge in [0.05, 0.1) is 13.5 Å². The minimum absolute atomic E-state index is 0.0611. The maximum atomic E-state index is 11.6. The number of rotatable bonds is 4. The second-order valence-corrected chi connectivity index (χ2v) is 3.41. The Morgan fingerprint density at radius 1 is 1.29 bits per heavy atom. The van der Waals surface area contributed by atoms with Crippen LogP contribution < -0.4 is 5.43 Å². The zero-order valence-electron chi connectivity index (χ0n) is 9.77. The molecule has 0 atom stereocenters. The summed E-state index contributed by atoms with van der Waals surface area (Å²) in [5.74, 6) is -0.699. The van der Waals surface area contributed by atoms with Crippen LogP contribution in [0.5, 0.6) is 0 Å². The predicted octanol–water partition coefficient (Wildman–Crippen LogP) is 1.36. The number of nitrogens with one attached hydrogen (secondary N) is 1. The molecular formula is C12H14N2O3. The Bertz CT molecular complexity index is 427. The molecule has 0 fully saturated rings. The Balaban J connectivity index is 2.53. The van der Waals surface area contributed by atoms with E-state index in [1.807, 2.05) is 6.07 Å². The van der Waals surface area contributed by atoms with Crippen molar-refractivity contribution >= 4 is 17.6 Å². The predicted molar refractivity (Wildman–Crippen MR) is 63.7 cm³/mol. The van der Waals surface area contributed by atoms with Crippen LogP contribution in [-0.4, -0.2) is 24.7 Å². The molecule has 0 saturated heterocycles. The van der Waals surface area contributed by atoms with Gasteiger partial charge >= 0.3 is 5.97 Å². The van der Waals surface area contributed by atoms with Crippen LogP contribution in [0.15, 0.2) is 35.4 Å². The Morgan fingerprint density at radius 3 is 2.53 bits per heavy atom. The fourth-order valence-electron chi connectivity index (χ4n) is 1.12. The fraction of sp³-hybridized carbons (Fsp3) is 0.250. The lowest BCUT2D eigenvalue weighted by Gasteiger charge is -2.01. The average Bonchev–Trinajstić information content (AvgIpc) is 2.36. The van der Waals surface area contributed by atoms with Crippen molar-refractivity contribution in [3.05, 3.63) is 35.9 Å². The minimum atomic E-state index is -0.389. The number of esters is 1. The van der Waals surface area contributed by atoms with Crippen molar-refractivity contribution in [3.8, 4) is 0 Å². The summed E-state index contributed by atoms with van der Waals surface area (Å²) in [6, 6.07) is 8.71. The standard InChI is InChI=1S/C12H14N2O3/c1-9(8-11(15)17-2)13-14-12(16)10-6-4-3-5-7-10/h3-7H,8H2,1-2H3,(H,14,16)/b13-9+. The molecule has 0 bridgehead atoms. The van der Waals surface area contributed by atoms with E-state index < -0.39 is 0 Å². The summed E-state index contributed by atoms with van der Waals surface area (Å²) in [7, 11) is 1.30. The lowest BCUT2D eigenvalue weighted by molar-refractivity contribution is -0.139. The van der Waals surface area contributed by atoms with Crippen LogP contribution in [0, 0.1) is 0 Å². The maximum absolute atomic E-state index is 11.6. The third kappa shape index (κ3) is 4.46. The number of carbonyl (C=O) groups is 2. The Kier molecular flexibility index (Phi) is 4.87. The highest BCUT2D eigenvalue weighted by molar-refractivity contribution is 5.99. The van der Waals surface area contributed by atoms with Crippen molar-refractivity contribution in [1.29, 1.82) is 0 Å². The first-order chi connectivity index (χ1) is 8.13. The van der Waals surface area contributed by atoms with Gasteiger partial charge in [-0.3, -0.25) is 9.59 Å². The van der Waals surface area contributed by atoms with Crippen LogP contribution in [0.25, 0.3) is 0 Å². The van der Waals surface area contributed by atoms with Crippen LogP contribution in [-0.2, 0) is 9.53 Å². The van der Waals surface area contributed by atoms with Gasteiger partial charge in [-0.05, 0) is 19.1 Å². The van der Waals surface area contributed by atoms with E-state index >= 15 is 0 Å². The molecule has 90 valence electrons. The van der Waals surface area contributed by atoms with E-state index in [4.69, 9.17) is 0 Å². The number of carbonyl (C=O) groups excluding carboxylic acids is 2. The fourth-order valence-corrected chi connectivity index (χ4v) is 1.12. The summed E-state index contributed by atoms with van der Waals surface area (Å²) in [6.07, 6.45) is 0.0611. The molecule has 1 aromatic carbocycles. The van der Waals surface area contributed by atoms with Crippen molar-refractivity contribution in [2.75, 3.05) is 7.11 Å². The highest BCUT2D eigenvalue weighted by Crippen LogP contribution is 1.98. The smallest absolute Gasteiger partial charge is 0.311 e. The van der Waals surface area contributed by atoms with E-state index in [0.29, 0.717) is 11.3 Å². The van der Waals surface area contributed by atoms with Crippen LogP contribution >= 0.6 is 0 Å². The third-order valence-corrected chi connectivity index (χ3v) is 2.01. The molecular weight excluding hydrogens is 220 g/mol. The Labute approximate surface area is 99.5 Å². The summed E-state index contributed by atoms with van der Waals surface area (Å²) in [4.78, 5) is 22.5. The molecule has 1 N–H and O–H groups in total. The largest absolute Gasteiger partial charge is 0.469 e. The first kappa shape index (κ1) is 12.9. The van der Waals surface area contributed by atoms with Crippen LogP contribution in [0.2, 0.25) is 0 Å². The number of methoxy groups -OCH3 is 1. The third-order valence-electron chi connectivity index (χ3n) is 2.01. The topological polar surface area (TPSA) is 67.8 Å². The molecule has 0 unspecified atom stereocenters. The van der Waals surface area contributed by atoms with Gasteiger partial charge in [0.2, 0.25) is 0 Å². The second-order valence-electron chi connectivity index (χ2n) is 3.41. The van der Waals surface area contributed by atoms with Gasteiger partial charge in [0.25, 0.3) is 5.91 Å². The van der Waals surface area contributed by atoms with Crippen LogP contribution in [0.3, 0.4) is 0 Å². The number of amides is 1. The van der Waals surface area contributed by atoms with Crippen molar-refractivity contribution < 1.29 is 14.3 Å². The van der Waals surface area contributed by atoms with Gasteiger partial charge in [0.15, 0.2) is 0 Å². The van der Waals surface area contributed by atoms with Gasteiger partial charge in [0.1, 0.15) is 0 Å². The second kappa shape index (κ2) is 6.42. The molecule has 0 aromatic heterocycles. The number of hydrazone groups is 1. The van der Waals surface area contributed by atoms with E-state index in [2.05, 4.69) is 15.3 Å². The molecule has 0 aliphatic carbocycles. The summed E-state index contributed by atoms with van der Waals surface area (Å²) < 4.78 is 4.48. The van der Waals surface area contributed by atoms with E-state index in [-0.39, 0.29) is 18.3 Å². The van der Waals surface area contributed by atoms with Crippen molar-refractivity contribution in [1.82, 2.24) is 5.43 Å². The van der Waals surface area contributed by atoms with Crippen LogP contribution in [0.1, 0.15) is 23.7 Å². The average molecular weight is 234 g/mol. The van der Waals surface area contributed by atoms with Gasteiger partial charge in [-0.1, -0.05) is 18.2 Å². The Morgan fingerprint density at radius 2 is 1.94 bits per heavy atom. The number of nitrogens with zero attached hydrogens (tertiary/aromatic N) is 1. The van der Waals surface area contributed by atoms with Crippen LogP contribution in [0.4, 0.5) is 0 Å². The number of hydrogen-bond acceptors (Lipinski definition) is 4. The van der Waals surface area contributed by atoms with Gasteiger partial charge in [-0.2, -0.15) is 5.10 Å². The van der Waals surface area contributed by atoms with E-state index in [1.54, 1.807) is 31.2 Å². The molecule has 1 amide bonds. The monoisotopic (exact) mass is 234 g/mol. The minimum Gasteiger partial charge on any atom is -0.469 e. The summed E-state index contributed by atoms with van der Waals surface area (Å²) in [6.45, 7) is 1.64. The molecule has 1 aromatic rings. The molecule has 0 heterocycles. The highest BCUT2D eigenvalue weighted by Gasteiger charge is 2.05. The van der Waals surface area contributed by atoms with Gasteiger partial charge < -0.3 is 4.74 Å². The molecule has 1 rings (SSSR count). The Hall–Kier alpha value is -2.17. The number of hydrogen-bond donors (Lipinski definition) is 1. The van der Waals surface area contributed by atoms with Crippen molar-refractivity contribution in [2.45, 2.75) is 13.3 Å².